The number of carbonyl (C=O) groups excluding carboxylic acids is 1. The maximum Gasteiger partial charge on any atom is 0.334 e. The Labute approximate surface area is 233 Å². The van der Waals surface area contributed by atoms with E-state index in [1.165, 1.54) is 73.1 Å². The van der Waals surface area contributed by atoms with Crippen LogP contribution in [0.4, 0.5) is 16.2 Å². The average molecular weight is 530 g/mol. The van der Waals surface area contributed by atoms with E-state index in [4.69, 9.17) is 10.5 Å². The lowest BCUT2D eigenvalue weighted by Gasteiger charge is -2.41. The van der Waals surface area contributed by atoms with Crippen LogP contribution in [0.1, 0.15) is 61.6 Å². The number of nitrogens with two attached hydrogens (primary N) is 1. The van der Waals surface area contributed by atoms with Crippen LogP contribution in [0.25, 0.3) is 5.57 Å². The number of rotatable bonds is 6. The molecule has 0 atom stereocenters. The van der Waals surface area contributed by atoms with Crippen molar-refractivity contribution in [3.8, 4) is 0 Å². The summed E-state index contributed by atoms with van der Waals surface area (Å²) in [6, 6.07) is 15.9. The van der Waals surface area contributed by atoms with Gasteiger partial charge in [-0.15, -0.1) is 0 Å². The van der Waals surface area contributed by atoms with Crippen LogP contribution in [0.15, 0.2) is 48.5 Å². The van der Waals surface area contributed by atoms with E-state index < -0.39 is 6.03 Å². The molecular formula is C32H43N5O2. The molecule has 3 fully saturated rings. The third kappa shape index (κ3) is 5.58. The highest BCUT2D eigenvalue weighted by Gasteiger charge is 2.29. The zero-order valence-electron chi connectivity index (χ0n) is 23.4. The van der Waals surface area contributed by atoms with Crippen LogP contribution in [0.5, 0.6) is 0 Å². The number of urea groups is 1. The predicted molar refractivity (Wildman–Crippen MR) is 158 cm³/mol. The molecule has 208 valence electrons. The quantitative estimate of drug-likeness (QED) is 0.531. The van der Waals surface area contributed by atoms with Crippen LogP contribution in [-0.2, 0) is 11.2 Å². The first-order valence-electron chi connectivity index (χ1n) is 14.9. The molecule has 0 bridgehead atoms. The second kappa shape index (κ2) is 11.7. The Kier molecular flexibility index (Phi) is 7.91. The van der Waals surface area contributed by atoms with E-state index in [-0.39, 0.29) is 6.04 Å². The van der Waals surface area contributed by atoms with Gasteiger partial charge in [0.1, 0.15) is 0 Å². The van der Waals surface area contributed by atoms with E-state index in [1.54, 1.807) is 5.01 Å². The van der Waals surface area contributed by atoms with Gasteiger partial charge in [0.05, 0.1) is 5.69 Å². The van der Waals surface area contributed by atoms with Crippen LogP contribution in [-0.4, -0.2) is 74.5 Å². The van der Waals surface area contributed by atoms with Gasteiger partial charge in [-0.2, -0.15) is 0 Å². The summed E-state index contributed by atoms with van der Waals surface area (Å²) in [5.41, 5.74) is 13.0. The number of nitrogens with zero attached hydrogens (tertiary/aromatic N) is 4. The molecule has 39 heavy (non-hydrogen) atoms. The molecule has 7 nitrogen and oxygen atoms in total. The number of piperidine rings is 2. The molecule has 3 aliphatic heterocycles. The normalized spacial score (nSPS) is 21.2. The fourth-order valence-corrected chi connectivity index (χ4v) is 7.03. The number of allylic oxidation sites excluding steroid dienone is 1. The fourth-order valence-electron chi connectivity index (χ4n) is 7.03. The molecular weight excluding hydrogens is 486 g/mol. The fraction of sp³-hybridized carbons (Fsp3) is 0.531. The lowest BCUT2D eigenvalue weighted by Crippen LogP contribution is -2.53. The van der Waals surface area contributed by atoms with Crippen molar-refractivity contribution in [2.75, 3.05) is 56.3 Å². The summed E-state index contributed by atoms with van der Waals surface area (Å²) in [6.45, 7) is 6.29. The van der Waals surface area contributed by atoms with E-state index in [0.717, 1.165) is 44.1 Å². The Morgan fingerprint density at radius 1 is 0.923 bits per heavy atom. The minimum atomic E-state index is -0.458. The number of anilines is 2. The SMILES string of the molecule is CN(C1CCOCC1)N(C(N)=O)c1ccc2c(c1)C(c1ccc(N3CCC(N4CCCCC4)CC3)cc1)=CC2. The molecule has 3 saturated heterocycles. The number of ether oxygens (including phenoxy) is 1. The Morgan fingerprint density at radius 3 is 2.33 bits per heavy atom. The number of carbonyl (C=O) groups is 1. The highest BCUT2D eigenvalue weighted by Crippen LogP contribution is 2.37. The molecule has 2 aromatic rings. The summed E-state index contributed by atoms with van der Waals surface area (Å²) in [7, 11) is 1.96. The van der Waals surface area contributed by atoms with E-state index in [9.17, 15) is 4.79 Å². The van der Waals surface area contributed by atoms with Crippen LogP contribution in [0, 0.1) is 0 Å². The van der Waals surface area contributed by atoms with Gasteiger partial charge in [-0.25, -0.2) is 14.8 Å². The molecule has 3 heterocycles. The van der Waals surface area contributed by atoms with Crippen molar-refractivity contribution in [3.05, 3.63) is 65.2 Å². The largest absolute Gasteiger partial charge is 0.381 e. The van der Waals surface area contributed by atoms with Crippen molar-refractivity contribution < 1.29 is 9.53 Å². The summed E-state index contributed by atoms with van der Waals surface area (Å²) in [5, 5.41) is 3.62. The zero-order chi connectivity index (χ0) is 26.8. The monoisotopic (exact) mass is 529 g/mol. The Bertz CT molecular complexity index is 1180. The zero-order valence-corrected chi connectivity index (χ0v) is 23.4. The van der Waals surface area contributed by atoms with Crippen LogP contribution < -0.4 is 15.6 Å². The van der Waals surface area contributed by atoms with Gasteiger partial charge in [0, 0.05) is 51.1 Å². The lowest BCUT2D eigenvalue weighted by molar-refractivity contribution is 0.0420. The van der Waals surface area contributed by atoms with Crippen LogP contribution in [0.2, 0.25) is 0 Å². The molecule has 6 rings (SSSR count). The smallest absolute Gasteiger partial charge is 0.334 e. The number of amides is 2. The standard InChI is InChI=1S/C32H43N5O2/c1-34(26-15-21-39-22-16-26)37(32(33)38)29-11-7-25-8-12-30(31(25)23-29)24-5-9-27(10-6-24)36-19-13-28(14-20-36)35-17-3-2-4-18-35/h5-7,9-12,23,26,28H,2-4,8,13-22H2,1H3,(H2,33,38). The Balaban J connectivity index is 1.15. The molecule has 2 amide bonds. The second-order valence-electron chi connectivity index (χ2n) is 11.6. The summed E-state index contributed by atoms with van der Waals surface area (Å²) < 4.78 is 5.52. The molecule has 0 unspecified atom stereocenters. The highest BCUT2D eigenvalue weighted by molar-refractivity contribution is 5.92. The maximum absolute atomic E-state index is 12.6. The van der Waals surface area contributed by atoms with Gasteiger partial charge in [-0.05, 0) is 105 Å². The number of primary amides is 1. The van der Waals surface area contributed by atoms with Crippen molar-refractivity contribution in [3.63, 3.8) is 0 Å². The Hall–Kier alpha value is -2.87. The summed E-state index contributed by atoms with van der Waals surface area (Å²) in [6.07, 6.45) is 11.7. The molecule has 0 spiro atoms. The van der Waals surface area contributed by atoms with Crippen molar-refractivity contribution in [2.24, 2.45) is 5.73 Å². The summed E-state index contributed by atoms with van der Waals surface area (Å²) >= 11 is 0. The topological polar surface area (TPSA) is 65.3 Å². The molecule has 1 aliphatic carbocycles. The molecule has 0 saturated carbocycles. The maximum atomic E-state index is 12.6. The van der Waals surface area contributed by atoms with Gasteiger partial charge in [0.25, 0.3) is 0 Å². The molecule has 0 radical (unpaired) electrons. The van der Waals surface area contributed by atoms with E-state index in [2.05, 4.69) is 52.3 Å². The van der Waals surface area contributed by atoms with E-state index in [1.807, 2.05) is 18.1 Å². The molecule has 2 aromatic carbocycles. The lowest BCUT2D eigenvalue weighted by atomic mass is 9.97. The van der Waals surface area contributed by atoms with Crippen molar-refractivity contribution in [1.82, 2.24) is 9.91 Å². The number of fused-ring (bicyclic) bond motifs is 1. The molecule has 0 aromatic heterocycles. The third-order valence-corrected chi connectivity index (χ3v) is 9.31. The van der Waals surface area contributed by atoms with E-state index in [0.29, 0.717) is 13.2 Å². The highest BCUT2D eigenvalue weighted by atomic mass is 16.5. The average Bonchev–Trinajstić information content (AvgIpc) is 3.41. The summed E-state index contributed by atoms with van der Waals surface area (Å²) in [4.78, 5) is 17.9. The second-order valence-corrected chi connectivity index (χ2v) is 11.6. The van der Waals surface area contributed by atoms with Gasteiger partial charge in [-0.3, -0.25) is 0 Å². The van der Waals surface area contributed by atoms with Crippen LogP contribution >= 0.6 is 0 Å². The number of hydrazine groups is 1. The first-order chi connectivity index (χ1) is 19.1. The number of hydrogen-bond donors (Lipinski definition) is 1. The molecule has 7 heteroatoms. The van der Waals surface area contributed by atoms with Gasteiger partial charge >= 0.3 is 6.03 Å². The predicted octanol–water partition coefficient (Wildman–Crippen LogP) is 5.04. The minimum Gasteiger partial charge on any atom is -0.381 e. The van der Waals surface area contributed by atoms with Crippen molar-refractivity contribution in [1.29, 1.82) is 0 Å². The number of benzene rings is 2. The van der Waals surface area contributed by atoms with Crippen molar-refractivity contribution >= 4 is 23.0 Å². The minimum absolute atomic E-state index is 0.229. The third-order valence-electron chi connectivity index (χ3n) is 9.31. The summed E-state index contributed by atoms with van der Waals surface area (Å²) in [5.74, 6) is 0. The van der Waals surface area contributed by atoms with Crippen molar-refractivity contribution in [2.45, 2.75) is 63.5 Å². The van der Waals surface area contributed by atoms with E-state index >= 15 is 0 Å². The molecule has 4 aliphatic rings. The van der Waals surface area contributed by atoms with Gasteiger partial charge in [0.2, 0.25) is 0 Å². The number of hydrogen-bond acceptors (Lipinski definition) is 5. The molecule has 2 N–H and O–H groups in total. The van der Waals surface area contributed by atoms with Gasteiger partial charge < -0.3 is 20.3 Å². The first-order valence-corrected chi connectivity index (χ1v) is 14.9. The Morgan fingerprint density at radius 2 is 1.64 bits per heavy atom. The van der Waals surface area contributed by atoms with Crippen LogP contribution in [0.3, 0.4) is 0 Å². The first kappa shape index (κ1) is 26.4. The van der Waals surface area contributed by atoms with Gasteiger partial charge in [0.15, 0.2) is 0 Å². The number of likely N-dealkylation sites (tertiary alicyclic amines) is 1. The van der Waals surface area contributed by atoms with Gasteiger partial charge in [-0.1, -0.05) is 30.7 Å².